The molecule has 198 valence electrons. The lowest BCUT2D eigenvalue weighted by molar-refractivity contribution is -0.128. The molecule has 4 aromatic rings. The zero-order chi connectivity index (χ0) is 27.3. The van der Waals surface area contributed by atoms with Gasteiger partial charge in [0.05, 0.1) is 6.61 Å². The van der Waals surface area contributed by atoms with Crippen LogP contribution in [0.4, 0.5) is 5.69 Å². The van der Waals surface area contributed by atoms with Crippen LogP contribution in [0.5, 0.6) is 5.75 Å². The van der Waals surface area contributed by atoms with Gasteiger partial charge in [-0.25, -0.2) is 0 Å². The first-order valence-corrected chi connectivity index (χ1v) is 12.3. The van der Waals surface area contributed by atoms with Crippen LogP contribution >= 0.6 is 0 Å². The molecule has 11 nitrogen and oxygen atoms in total. The average molecular weight is 518 g/mol. The first-order valence-electron chi connectivity index (χ1n) is 12.3. The van der Waals surface area contributed by atoms with E-state index in [0.29, 0.717) is 35.1 Å². The van der Waals surface area contributed by atoms with Gasteiger partial charge in [-0.3, -0.25) is 19.5 Å². The smallest absolute Gasteiger partial charge is 0.251 e. The van der Waals surface area contributed by atoms with Crippen molar-refractivity contribution in [1.82, 2.24) is 30.5 Å². The van der Waals surface area contributed by atoms with E-state index >= 15 is 0 Å². The molecule has 0 aliphatic rings. The first-order chi connectivity index (χ1) is 18.1. The second kappa shape index (κ2) is 11.2. The Morgan fingerprint density at radius 2 is 1.79 bits per heavy atom. The summed E-state index contributed by atoms with van der Waals surface area (Å²) in [5, 5.41) is 15.4. The summed E-state index contributed by atoms with van der Waals surface area (Å²) in [6, 6.07) is 13.0. The second-order valence-electron chi connectivity index (χ2n) is 9.67. The standard InChI is InChI=1S/C27H31N7O4/c1-6-37-21-10-8-20(9-11-21)34(24(19-13-15-28-16-14-19)26(36)29-27(3,4)5)23(35)17-33-31-25(30-32-33)22-12-7-18(2)38-22/h7-16,24H,6,17H2,1-5H3,(H,29,36). The van der Waals surface area contributed by atoms with Crippen molar-refractivity contribution >= 4 is 17.5 Å². The van der Waals surface area contributed by atoms with E-state index in [-0.39, 0.29) is 18.3 Å². The number of nitrogens with one attached hydrogen (secondary N) is 1. The van der Waals surface area contributed by atoms with Gasteiger partial charge < -0.3 is 14.5 Å². The Labute approximate surface area is 220 Å². The number of aromatic nitrogens is 5. The number of carbonyl (C=O) groups is 2. The predicted octanol–water partition coefficient (Wildman–Crippen LogP) is 3.72. The number of tetrazole rings is 1. The van der Waals surface area contributed by atoms with Crippen molar-refractivity contribution in [3.05, 3.63) is 72.2 Å². The number of amides is 2. The number of rotatable bonds is 9. The lowest BCUT2D eigenvalue weighted by Crippen LogP contribution is -2.50. The number of nitrogens with zero attached hydrogens (tertiary/aromatic N) is 6. The Balaban J connectivity index is 1.73. The van der Waals surface area contributed by atoms with Gasteiger partial charge in [-0.15, -0.1) is 10.2 Å². The lowest BCUT2D eigenvalue weighted by Gasteiger charge is -2.33. The molecule has 0 aliphatic carbocycles. The van der Waals surface area contributed by atoms with Crippen LogP contribution in [0.3, 0.4) is 0 Å². The van der Waals surface area contributed by atoms with Crippen molar-refractivity contribution in [2.75, 3.05) is 11.5 Å². The van der Waals surface area contributed by atoms with E-state index < -0.39 is 17.5 Å². The molecule has 11 heteroatoms. The van der Waals surface area contributed by atoms with E-state index in [1.165, 1.54) is 9.70 Å². The molecule has 38 heavy (non-hydrogen) atoms. The lowest BCUT2D eigenvalue weighted by atomic mass is 10.0. The molecule has 1 atom stereocenters. The van der Waals surface area contributed by atoms with Gasteiger partial charge in [0, 0.05) is 23.6 Å². The van der Waals surface area contributed by atoms with Crippen LogP contribution in [0, 0.1) is 6.92 Å². The average Bonchev–Trinajstić information content (AvgIpc) is 3.51. The molecule has 1 aromatic carbocycles. The molecule has 1 N–H and O–H groups in total. The molecule has 0 radical (unpaired) electrons. The van der Waals surface area contributed by atoms with E-state index in [4.69, 9.17) is 9.15 Å². The predicted molar refractivity (Wildman–Crippen MR) is 140 cm³/mol. The minimum absolute atomic E-state index is 0.259. The van der Waals surface area contributed by atoms with Crippen molar-refractivity contribution in [2.45, 2.75) is 52.7 Å². The SMILES string of the molecule is CCOc1ccc(N(C(=O)Cn2nnc(-c3ccc(C)o3)n2)C(C(=O)NC(C)(C)C)c2ccncc2)cc1. The van der Waals surface area contributed by atoms with E-state index in [9.17, 15) is 9.59 Å². The third-order valence-corrected chi connectivity index (χ3v) is 5.41. The molecule has 0 saturated heterocycles. The van der Waals surface area contributed by atoms with Crippen LogP contribution in [-0.2, 0) is 16.1 Å². The Kier molecular flexibility index (Phi) is 7.85. The van der Waals surface area contributed by atoms with E-state index in [1.807, 2.05) is 34.6 Å². The largest absolute Gasteiger partial charge is 0.494 e. The zero-order valence-electron chi connectivity index (χ0n) is 22.1. The Bertz CT molecular complexity index is 1370. The van der Waals surface area contributed by atoms with Crippen LogP contribution in [0.2, 0.25) is 0 Å². The molecule has 4 rings (SSSR count). The van der Waals surface area contributed by atoms with E-state index in [0.717, 1.165) is 0 Å². The number of anilines is 1. The fraction of sp³-hybridized carbons (Fsp3) is 0.333. The molecular formula is C27H31N7O4. The number of benzene rings is 1. The first kappa shape index (κ1) is 26.5. The molecular weight excluding hydrogens is 486 g/mol. The van der Waals surface area contributed by atoms with E-state index in [1.54, 1.807) is 60.9 Å². The number of pyridine rings is 1. The van der Waals surface area contributed by atoms with Crippen LogP contribution in [0.25, 0.3) is 11.6 Å². The molecule has 0 bridgehead atoms. The maximum atomic E-state index is 13.9. The van der Waals surface area contributed by atoms with Crippen molar-refractivity contribution in [3.8, 4) is 17.3 Å². The molecule has 0 aliphatic heterocycles. The molecule has 0 fully saturated rings. The molecule has 2 amide bonds. The maximum Gasteiger partial charge on any atom is 0.251 e. The Hall–Kier alpha value is -4.54. The zero-order valence-corrected chi connectivity index (χ0v) is 22.1. The highest BCUT2D eigenvalue weighted by atomic mass is 16.5. The topological polar surface area (TPSA) is 128 Å². The second-order valence-corrected chi connectivity index (χ2v) is 9.67. The fourth-order valence-electron chi connectivity index (χ4n) is 3.87. The van der Waals surface area contributed by atoms with Crippen molar-refractivity contribution in [2.24, 2.45) is 0 Å². The summed E-state index contributed by atoms with van der Waals surface area (Å²) in [4.78, 5) is 34.3. The summed E-state index contributed by atoms with van der Waals surface area (Å²) in [5.74, 6) is 1.31. The molecule has 0 spiro atoms. The third-order valence-electron chi connectivity index (χ3n) is 5.41. The van der Waals surface area contributed by atoms with Gasteiger partial charge in [0.2, 0.25) is 11.7 Å². The minimum Gasteiger partial charge on any atom is -0.494 e. The number of hydrogen-bond donors (Lipinski definition) is 1. The molecule has 3 aromatic heterocycles. The fourth-order valence-corrected chi connectivity index (χ4v) is 3.87. The van der Waals surface area contributed by atoms with Gasteiger partial charge in [0.25, 0.3) is 5.91 Å². The maximum absolute atomic E-state index is 13.9. The summed E-state index contributed by atoms with van der Waals surface area (Å²) in [5.41, 5.74) is 0.577. The monoisotopic (exact) mass is 517 g/mol. The van der Waals surface area contributed by atoms with Crippen LogP contribution in [0.1, 0.15) is 45.1 Å². The van der Waals surface area contributed by atoms with Crippen LogP contribution < -0.4 is 15.0 Å². The van der Waals surface area contributed by atoms with Gasteiger partial charge in [-0.2, -0.15) is 4.80 Å². The van der Waals surface area contributed by atoms with Crippen LogP contribution in [-0.4, -0.2) is 49.2 Å². The van der Waals surface area contributed by atoms with Crippen molar-refractivity contribution in [1.29, 1.82) is 0 Å². The number of carbonyl (C=O) groups excluding carboxylic acids is 2. The quantitative estimate of drug-likeness (QED) is 0.356. The highest BCUT2D eigenvalue weighted by molar-refractivity contribution is 6.01. The third kappa shape index (κ3) is 6.41. The van der Waals surface area contributed by atoms with Gasteiger partial charge in [0.15, 0.2) is 5.76 Å². The molecule has 3 heterocycles. The summed E-state index contributed by atoms with van der Waals surface area (Å²) in [7, 11) is 0. The number of hydrogen-bond acceptors (Lipinski definition) is 8. The van der Waals surface area contributed by atoms with Gasteiger partial charge in [0.1, 0.15) is 24.1 Å². The van der Waals surface area contributed by atoms with Crippen molar-refractivity contribution in [3.63, 3.8) is 0 Å². The summed E-state index contributed by atoms with van der Waals surface area (Å²) in [6.45, 7) is 9.60. The normalized spacial score (nSPS) is 12.1. The number of furan rings is 1. The van der Waals surface area contributed by atoms with Gasteiger partial charge in [-0.05, 0) is 93.9 Å². The van der Waals surface area contributed by atoms with Gasteiger partial charge >= 0.3 is 0 Å². The number of aryl methyl sites for hydroxylation is 1. The van der Waals surface area contributed by atoms with Crippen molar-refractivity contribution < 1.29 is 18.7 Å². The number of ether oxygens (including phenoxy) is 1. The molecule has 0 saturated carbocycles. The highest BCUT2D eigenvalue weighted by Gasteiger charge is 2.35. The minimum atomic E-state index is -0.988. The summed E-state index contributed by atoms with van der Waals surface area (Å²) >= 11 is 0. The van der Waals surface area contributed by atoms with Crippen LogP contribution in [0.15, 0.2) is 65.3 Å². The summed E-state index contributed by atoms with van der Waals surface area (Å²) in [6.07, 6.45) is 3.17. The van der Waals surface area contributed by atoms with E-state index in [2.05, 4.69) is 25.7 Å². The molecule has 1 unspecified atom stereocenters. The summed E-state index contributed by atoms with van der Waals surface area (Å²) < 4.78 is 11.1. The highest BCUT2D eigenvalue weighted by Crippen LogP contribution is 2.30. The van der Waals surface area contributed by atoms with Gasteiger partial charge in [-0.1, -0.05) is 0 Å². The Morgan fingerprint density at radius 3 is 2.39 bits per heavy atom. The Morgan fingerprint density at radius 1 is 1.08 bits per heavy atom.